The topological polar surface area (TPSA) is 145 Å². The molecule has 0 aliphatic carbocycles. The molecule has 0 unspecified atom stereocenters. The number of aryl methyl sites for hydroxylation is 1. The second-order valence-corrected chi connectivity index (χ2v) is 9.96. The predicted molar refractivity (Wildman–Crippen MR) is 143 cm³/mol. The van der Waals surface area contributed by atoms with Gasteiger partial charge < -0.3 is 16.2 Å². The van der Waals surface area contributed by atoms with Crippen molar-refractivity contribution in [3.8, 4) is 23.3 Å². The second-order valence-electron chi connectivity index (χ2n) is 7.70. The van der Waals surface area contributed by atoms with Gasteiger partial charge in [-0.2, -0.15) is 10.5 Å². The molecule has 4 rings (SSSR count). The molecule has 0 aliphatic rings. The largest absolute Gasteiger partial charge is 0.396 e. The smallest absolute Gasteiger partial charge is 0.187 e. The summed E-state index contributed by atoms with van der Waals surface area (Å²) >= 11 is 8.50. The first-order valence-corrected chi connectivity index (χ1v) is 13.2. The summed E-state index contributed by atoms with van der Waals surface area (Å²) in [6.45, 7) is 0.0656. The standard InChI is InChI=1S/C25H19ClFN7OS2/c26-15-4-6-20(27)21(8-15)33-25-32-17(13-37-25)12-36-24-19(10-29)22(18(9-28)23(30)34-24)14-3-5-16(31-11-14)2-1-7-35/h3-6,8,11,13,35H,1-2,7,12H2,(H2,30,34)(H,32,33). The van der Waals surface area contributed by atoms with Crippen molar-refractivity contribution in [2.24, 2.45) is 0 Å². The molecule has 4 N–H and O–H groups in total. The number of halogens is 2. The number of aromatic nitrogens is 3. The van der Waals surface area contributed by atoms with Crippen LogP contribution in [0.5, 0.6) is 0 Å². The first-order chi connectivity index (χ1) is 17.9. The highest BCUT2D eigenvalue weighted by Gasteiger charge is 2.21. The Balaban J connectivity index is 1.58. The summed E-state index contributed by atoms with van der Waals surface area (Å²) in [5.74, 6) is -0.0728. The molecule has 0 spiro atoms. The summed E-state index contributed by atoms with van der Waals surface area (Å²) < 4.78 is 14.0. The number of anilines is 3. The van der Waals surface area contributed by atoms with Gasteiger partial charge in [0.25, 0.3) is 0 Å². The van der Waals surface area contributed by atoms with E-state index in [-0.39, 0.29) is 29.2 Å². The number of rotatable bonds is 9. The minimum absolute atomic E-state index is 0.0143. The van der Waals surface area contributed by atoms with Crippen LogP contribution in [0.1, 0.15) is 28.9 Å². The third-order valence-corrected chi connectivity index (χ3v) is 7.25. The monoisotopic (exact) mass is 551 g/mol. The molecule has 4 aromatic rings. The van der Waals surface area contributed by atoms with E-state index in [1.165, 1.54) is 41.3 Å². The number of pyridine rings is 2. The van der Waals surface area contributed by atoms with E-state index in [2.05, 4.69) is 32.4 Å². The molecule has 0 saturated heterocycles. The number of benzene rings is 1. The fourth-order valence-electron chi connectivity index (χ4n) is 3.45. The lowest BCUT2D eigenvalue weighted by atomic mass is 9.98. The normalized spacial score (nSPS) is 10.6. The van der Waals surface area contributed by atoms with Gasteiger partial charge in [0.15, 0.2) is 5.13 Å². The number of thioether (sulfide) groups is 1. The lowest BCUT2D eigenvalue weighted by molar-refractivity contribution is 0.288. The van der Waals surface area contributed by atoms with Crippen LogP contribution >= 0.6 is 34.7 Å². The maximum Gasteiger partial charge on any atom is 0.187 e. The van der Waals surface area contributed by atoms with Crippen molar-refractivity contribution in [1.29, 1.82) is 10.5 Å². The van der Waals surface area contributed by atoms with Gasteiger partial charge in [0, 0.05) is 45.8 Å². The van der Waals surface area contributed by atoms with Crippen LogP contribution in [0.15, 0.2) is 46.9 Å². The molecule has 3 aromatic heterocycles. The number of aliphatic hydroxyl groups is 1. The van der Waals surface area contributed by atoms with Gasteiger partial charge in [0.2, 0.25) is 0 Å². The SMILES string of the molecule is N#Cc1c(N)nc(SCc2csc(Nc3cc(Cl)ccc3F)n2)c(C#N)c1-c1ccc(CCCO)nc1. The molecule has 0 aliphatic heterocycles. The predicted octanol–water partition coefficient (Wildman–Crippen LogP) is 5.68. The van der Waals surface area contributed by atoms with Crippen LogP contribution in [0.25, 0.3) is 11.1 Å². The summed E-state index contributed by atoms with van der Waals surface area (Å²) in [5.41, 5.74) is 9.06. The molecule has 0 bridgehead atoms. The van der Waals surface area contributed by atoms with Gasteiger partial charge in [0.1, 0.15) is 34.4 Å². The summed E-state index contributed by atoms with van der Waals surface area (Å²) in [4.78, 5) is 13.2. The van der Waals surface area contributed by atoms with E-state index in [1.807, 2.05) is 5.38 Å². The van der Waals surface area contributed by atoms with Crippen molar-refractivity contribution < 1.29 is 9.50 Å². The van der Waals surface area contributed by atoms with E-state index in [4.69, 9.17) is 22.4 Å². The molecule has 1 aromatic carbocycles. The number of nitrogens with two attached hydrogens (primary N) is 1. The molecule has 12 heteroatoms. The van der Waals surface area contributed by atoms with E-state index >= 15 is 0 Å². The number of aliphatic hydroxyl groups excluding tert-OH is 1. The highest BCUT2D eigenvalue weighted by Crippen LogP contribution is 2.37. The van der Waals surface area contributed by atoms with Crippen LogP contribution in [0, 0.1) is 28.5 Å². The van der Waals surface area contributed by atoms with E-state index in [0.29, 0.717) is 50.6 Å². The third kappa shape index (κ3) is 6.16. The molecular formula is C25H19ClFN7OS2. The lowest BCUT2D eigenvalue weighted by Gasteiger charge is -2.13. The summed E-state index contributed by atoms with van der Waals surface area (Å²) in [6.07, 6.45) is 2.79. The minimum atomic E-state index is -0.449. The van der Waals surface area contributed by atoms with Crippen LogP contribution in [-0.4, -0.2) is 26.7 Å². The molecule has 0 saturated carbocycles. The van der Waals surface area contributed by atoms with Crippen LogP contribution in [0.4, 0.5) is 21.0 Å². The van der Waals surface area contributed by atoms with E-state index in [9.17, 15) is 14.9 Å². The first-order valence-electron chi connectivity index (χ1n) is 10.9. The fraction of sp³-hybridized carbons (Fsp3) is 0.160. The van der Waals surface area contributed by atoms with E-state index in [1.54, 1.807) is 18.3 Å². The van der Waals surface area contributed by atoms with Gasteiger partial charge >= 0.3 is 0 Å². The quantitative estimate of drug-likeness (QED) is 0.224. The van der Waals surface area contributed by atoms with Crippen LogP contribution in [0.3, 0.4) is 0 Å². The summed E-state index contributed by atoms with van der Waals surface area (Å²) in [7, 11) is 0. The summed E-state index contributed by atoms with van der Waals surface area (Å²) in [6, 6.07) is 12.0. The number of nitrogens with zero attached hydrogens (tertiary/aromatic N) is 5. The second kappa shape index (κ2) is 12.0. The van der Waals surface area contributed by atoms with Crippen LogP contribution < -0.4 is 11.1 Å². The highest BCUT2D eigenvalue weighted by molar-refractivity contribution is 7.98. The number of thiazole rings is 1. The van der Waals surface area contributed by atoms with Crippen LogP contribution in [0.2, 0.25) is 5.02 Å². The molecule has 8 nitrogen and oxygen atoms in total. The molecule has 0 amide bonds. The van der Waals surface area contributed by atoms with Crippen molar-refractivity contribution in [2.45, 2.75) is 23.6 Å². The van der Waals surface area contributed by atoms with Crippen molar-refractivity contribution in [2.75, 3.05) is 17.7 Å². The molecular weight excluding hydrogens is 533 g/mol. The maximum atomic E-state index is 14.0. The fourth-order valence-corrected chi connectivity index (χ4v) is 5.34. The Kier molecular flexibility index (Phi) is 8.54. The molecule has 37 heavy (non-hydrogen) atoms. The highest BCUT2D eigenvalue weighted by atomic mass is 35.5. The first kappa shape index (κ1) is 26.3. The van der Waals surface area contributed by atoms with E-state index in [0.717, 1.165) is 5.69 Å². The minimum Gasteiger partial charge on any atom is -0.396 e. The zero-order chi connectivity index (χ0) is 26.4. The summed E-state index contributed by atoms with van der Waals surface area (Å²) in [5, 5.41) is 34.7. The Bertz CT molecular complexity index is 1510. The molecule has 0 atom stereocenters. The molecule has 186 valence electrons. The molecule has 0 fully saturated rings. The van der Waals surface area contributed by atoms with Crippen molar-refractivity contribution in [1.82, 2.24) is 15.0 Å². The zero-order valence-electron chi connectivity index (χ0n) is 19.2. The number of hydrogen-bond donors (Lipinski definition) is 3. The van der Waals surface area contributed by atoms with Gasteiger partial charge in [-0.15, -0.1) is 11.3 Å². The Morgan fingerprint density at radius 2 is 1.95 bits per heavy atom. The van der Waals surface area contributed by atoms with Gasteiger partial charge in [-0.25, -0.2) is 14.4 Å². The zero-order valence-corrected chi connectivity index (χ0v) is 21.6. The molecule has 3 heterocycles. The lowest BCUT2D eigenvalue weighted by Crippen LogP contribution is -2.04. The van der Waals surface area contributed by atoms with Crippen LogP contribution in [-0.2, 0) is 12.2 Å². The average molecular weight is 552 g/mol. The Morgan fingerprint density at radius 3 is 2.65 bits per heavy atom. The maximum absolute atomic E-state index is 14.0. The van der Waals surface area contributed by atoms with Crippen molar-refractivity contribution in [3.05, 3.63) is 75.3 Å². The van der Waals surface area contributed by atoms with Crippen molar-refractivity contribution >= 4 is 51.3 Å². The van der Waals surface area contributed by atoms with Gasteiger partial charge in [-0.05, 0) is 37.1 Å². The number of nitrogens with one attached hydrogen (secondary N) is 1. The van der Waals surface area contributed by atoms with Gasteiger partial charge in [-0.3, -0.25) is 4.98 Å². The van der Waals surface area contributed by atoms with Gasteiger partial charge in [-0.1, -0.05) is 29.4 Å². The van der Waals surface area contributed by atoms with E-state index < -0.39 is 5.82 Å². The van der Waals surface area contributed by atoms with Gasteiger partial charge in [0.05, 0.1) is 16.9 Å². The average Bonchev–Trinajstić information content (AvgIpc) is 3.35. The number of nitrogen functional groups attached to an aromatic ring is 1. The van der Waals surface area contributed by atoms with Crippen molar-refractivity contribution in [3.63, 3.8) is 0 Å². The Morgan fingerprint density at radius 1 is 1.14 bits per heavy atom. The number of hydrogen-bond acceptors (Lipinski definition) is 10. The number of nitriles is 2. The Labute approximate surface area is 225 Å². The third-order valence-electron chi connectivity index (χ3n) is 5.20. The Hall–Kier alpha value is -3.74. The molecule has 0 radical (unpaired) electrons.